The summed E-state index contributed by atoms with van der Waals surface area (Å²) < 4.78 is 0. The highest BCUT2D eigenvalue weighted by Crippen LogP contribution is 2.36. The van der Waals surface area contributed by atoms with Crippen molar-refractivity contribution in [1.82, 2.24) is 0 Å². The summed E-state index contributed by atoms with van der Waals surface area (Å²) in [6, 6.07) is 19.1. The van der Waals surface area contributed by atoms with E-state index in [0.717, 1.165) is 0 Å². The Morgan fingerprint density at radius 1 is 0.586 bits per heavy atom. The molecule has 0 aliphatic rings. The summed E-state index contributed by atoms with van der Waals surface area (Å²) in [5.74, 6) is 0. The van der Waals surface area contributed by atoms with Gasteiger partial charge in [0.05, 0.1) is 0 Å². The highest BCUT2D eigenvalue weighted by atomic mass is 14.3. The summed E-state index contributed by atoms with van der Waals surface area (Å²) >= 11 is 0. The van der Waals surface area contributed by atoms with E-state index in [0.29, 0.717) is 0 Å². The Labute approximate surface area is 178 Å². The molecule has 1 atom stereocenters. The van der Waals surface area contributed by atoms with Crippen molar-refractivity contribution in [3.8, 4) is 0 Å². The summed E-state index contributed by atoms with van der Waals surface area (Å²) in [5, 5.41) is 5.47. The van der Waals surface area contributed by atoms with Gasteiger partial charge in [-0.05, 0) is 74.9 Å². The van der Waals surface area contributed by atoms with Crippen LogP contribution in [0.4, 0.5) is 0 Å². The minimum atomic E-state index is 0.241. The van der Waals surface area contributed by atoms with Gasteiger partial charge in [0, 0.05) is 0 Å². The molecule has 0 radical (unpaired) electrons. The molecular weight excluding hydrogens is 348 g/mol. The van der Waals surface area contributed by atoms with E-state index in [-0.39, 0.29) is 10.8 Å². The molecule has 0 nitrogen and oxygen atoms in total. The van der Waals surface area contributed by atoms with Crippen molar-refractivity contribution in [2.75, 3.05) is 0 Å². The molecule has 29 heavy (non-hydrogen) atoms. The number of benzene rings is 3. The zero-order valence-corrected chi connectivity index (χ0v) is 19.6. The Morgan fingerprint density at radius 2 is 1.10 bits per heavy atom. The van der Waals surface area contributed by atoms with Gasteiger partial charge < -0.3 is 0 Å². The normalized spacial score (nSPS) is 14.4. The molecule has 0 heteroatoms. The molecular formula is C29H40. The zero-order chi connectivity index (χ0) is 21.1. The van der Waals surface area contributed by atoms with Crippen LogP contribution in [0.1, 0.15) is 97.6 Å². The van der Waals surface area contributed by atoms with Crippen molar-refractivity contribution >= 4 is 21.5 Å². The maximum atomic E-state index is 2.45. The van der Waals surface area contributed by atoms with Crippen molar-refractivity contribution in [3.63, 3.8) is 0 Å². The molecule has 0 amide bonds. The second kappa shape index (κ2) is 8.90. The number of unbranched alkanes of at least 4 members (excludes halogenated alkanes) is 2. The lowest BCUT2D eigenvalue weighted by Gasteiger charge is -2.29. The largest absolute Gasteiger partial charge is 0.0654 e. The van der Waals surface area contributed by atoms with Crippen LogP contribution in [0.3, 0.4) is 0 Å². The fourth-order valence-corrected chi connectivity index (χ4v) is 4.65. The van der Waals surface area contributed by atoms with E-state index in [1.54, 1.807) is 0 Å². The molecule has 0 fully saturated rings. The van der Waals surface area contributed by atoms with Gasteiger partial charge in [-0.2, -0.15) is 0 Å². The second-order valence-electron chi connectivity index (χ2n) is 9.98. The summed E-state index contributed by atoms with van der Waals surface area (Å²) in [6.07, 6.45) is 8.84. The lowest BCUT2D eigenvalue weighted by Crippen LogP contribution is -2.20. The average molecular weight is 389 g/mol. The first-order valence-electron chi connectivity index (χ1n) is 11.8. The zero-order valence-electron chi connectivity index (χ0n) is 19.6. The Balaban J connectivity index is 2.01. The Hall–Kier alpha value is -1.82. The maximum absolute atomic E-state index is 2.45. The van der Waals surface area contributed by atoms with Crippen molar-refractivity contribution in [3.05, 3.63) is 59.7 Å². The van der Waals surface area contributed by atoms with Gasteiger partial charge in [-0.25, -0.2) is 0 Å². The van der Waals surface area contributed by atoms with Gasteiger partial charge in [-0.15, -0.1) is 0 Å². The lowest BCUT2D eigenvalue weighted by molar-refractivity contribution is 0.403. The van der Waals surface area contributed by atoms with E-state index in [1.807, 2.05) is 0 Å². The molecule has 156 valence electrons. The molecule has 3 aromatic carbocycles. The highest BCUT2D eigenvalue weighted by molar-refractivity contribution is 5.98. The summed E-state index contributed by atoms with van der Waals surface area (Å²) in [6.45, 7) is 14.1. The van der Waals surface area contributed by atoms with Crippen molar-refractivity contribution in [1.29, 1.82) is 0 Å². The molecule has 0 bridgehead atoms. The van der Waals surface area contributed by atoms with Crippen molar-refractivity contribution in [2.24, 2.45) is 0 Å². The SMILES string of the molecule is CCCCC(C)(C)c1ccc2cc3cc(C(C)(CC)CCCC)ccc3cc2c1. The monoisotopic (exact) mass is 388 g/mol. The van der Waals surface area contributed by atoms with E-state index in [2.05, 4.69) is 90.1 Å². The number of fused-ring (bicyclic) bond motifs is 2. The number of hydrogen-bond donors (Lipinski definition) is 0. The molecule has 0 aromatic heterocycles. The first-order chi connectivity index (χ1) is 13.8. The Kier molecular flexibility index (Phi) is 6.72. The van der Waals surface area contributed by atoms with Gasteiger partial charge in [0.1, 0.15) is 0 Å². The Bertz CT molecular complexity index is 962. The van der Waals surface area contributed by atoms with Crippen LogP contribution in [-0.4, -0.2) is 0 Å². The van der Waals surface area contributed by atoms with Crippen molar-refractivity contribution < 1.29 is 0 Å². The highest BCUT2D eigenvalue weighted by Gasteiger charge is 2.24. The van der Waals surface area contributed by atoms with E-state index >= 15 is 0 Å². The fraction of sp³-hybridized carbons (Fsp3) is 0.517. The molecule has 0 N–H and O–H groups in total. The predicted molar refractivity (Wildman–Crippen MR) is 131 cm³/mol. The molecule has 0 aliphatic heterocycles. The quantitative estimate of drug-likeness (QED) is 0.320. The third kappa shape index (κ3) is 4.68. The molecule has 3 aromatic rings. The molecule has 0 saturated heterocycles. The van der Waals surface area contributed by atoms with Crippen LogP contribution in [0.15, 0.2) is 48.5 Å². The maximum Gasteiger partial charge on any atom is -0.00776 e. The number of hydrogen-bond acceptors (Lipinski definition) is 0. The summed E-state index contributed by atoms with van der Waals surface area (Å²) in [7, 11) is 0. The van der Waals surface area contributed by atoms with Crippen molar-refractivity contribution in [2.45, 2.75) is 97.3 Å². The van der Waals surface area contributed by atoms with E-state index in [1.165, 1.54) is 77.6 Å². The molecule has 0 heterocycles. The third-order valence-corrected chi connectivity index (χ3v) is 7.29. The number of rotatable bonds is 9. The van der Waals surface area contributed by atoms with E-state index in [4.69, 9.17) is 0 Å². The van der Waals surface area contributed by atoms with Crippen LogP contribution in [0.25, 0.3) is 21.5 Å². The topological polar surface area (TPSA) is 0 Å². The van der Waals surface area contributed by atoms with Gasteiger partial charge in [-0.1, -0.05) is 104 Å². The van der Waals surface area contributed by atoms with Crippen LogP contribution in [0.5, 0.6) is 0 Å². The van der Waals surface area contributed by atoms with Crippen LogP contribution in [0, 0.1) is 0 Å². The fourth-order valence-electron chi connectivity index (χ4n) is 4.65. The van der Waals surface area contributed by atoms with Crippen LogP contribution < -0.4 is 0 Å². The van der Waals surface area contributed by atoms with E-state index < -0.39 is 0 Å². The minimum Gasteiger partial charge on any atom is -0.0654 e. The Morgan fingerprint density at radius 3 is 1.66 bits per heavy atom. The first-order valence-corrected chi connectivity index (χ1v) is 11.8. The van der Waals surface area contributed by atoms with Gasteiger partial charge in [0.15, 0.2) is 0 Å². The molecule has 3 rings (SSSR count). The summed E-state index contributed by atoms with van der Waals surface area (Å²) in [4.78, 5) is 0. The first kappa shape index (κ1) is 21.9. The molecule has 0 aliphatic carbocycles. The van der Waals surface area contributed by atoms with Crippen LogP contribution >= 0.6 is 0 Å². The average Bonchev–Trinajstić information content (AvgIpc) is 2.73. The van der Waals surface area contributed by atoms with Crippen LogP contribution in [-0.2, 0) is 10.8 Å². The molecule has 1 unspecified atom stereocenters. The van der Waals surface area contributed by atoms with Gasteiger partial charge in [0.25, 0.3) is 0 Å². The second-order valence-corrected chi connectivity index (χ2v) is 9.98. The molecule has 0 spiro atoms. The van der Waals surface area contributed by atoms with Gasteiger partial charge in [0.2, 0.25) is 0 Å². The van der Waals surface area contributed by atoms with Crippen LogP contribution in [0.2, 0.25) is 0 Å². The predicted octanol–water partition coefficient (Wildman–Crippen LogP) is 9.32. The lowest BCUT2D eigenvalue weighted by atomic mass is 9.75. The van der Waals surface area contributed by atoms with E-state index in [9.17, 15) is 0 Å². The van der Waals surface area contributed by atoms with Gasteiger partial charge in [-0.3, -0.25) is 0 Å². The van der Waals surface area contributed by atoms with Gasteiger partial charge >= 0.3 is 0 Å². The third-order valence-electron chi connectivity index (χ3n) is 7.29. The smallest absolute Gasteiger partial charge is 0.00776 e. The minimum absolute atomic E-state index is 0.241. The summed E-state index contributed by atoms with van der Waals surface area (Å²) in [5.41, 5.74) is 3.49. The standard InChI is InChI=1S/C29H40/c1-7-10-16-28(4,5)26-14-12-22-19-25-21-27(29(6,9-3)17-11-8-2)15-13-23(25)18-24(22)20-26/h12-15,18-21H,7-11,16-17H2,1-6H3. The molecule has 0 saturated carbocycles.